The number of amides is 1. The summed E-state index contributed by atoms with van der Waals surface area (Å²) in [5, 5.41) is 0. The van der Waals surface area contributed by atoms with Gasteiger partial charge in [0.05, 0.1) is 4.90 Å². The van der Waals surface area contributed by atoms with E-state index in [-0.39, 0.29) is 17.9 Å². The lowest BCUT2D eigenvalue weighted by atomic mass is 9.87. The quantitative estimate of drug-likeness (QED) is 0.896. The van der Waals surface area contributed by atoms with Crippen LogP contribution in [0.1, 0.15) is 51.0 Å². The molecule has 1 aromatic carbocycles. The minimum Gasteiger partial charge on any atom is -0.312 e. The Morgan fingerprint density at radius 2 is 1.92 bits per heavy atom. The van der Waals surface area contributed by atoms with Gasteiger partial charge in [0, 0.05) is 24.2 Å². The van der Waals surface area contributed by atoms with Crippen LogP contribution in [0.3, 0.4) is 0 Å². The Bertz CT molecular complexity index is 786. The molecule has 0 spiro atoms. The third kappa shape index (κ3) is 3.34. The van der Waals surface area contributed by atoms with Crippen molar-refractivity contribution in [1.29, 1.82) is 0 Å². The topological polar surface area (TPSA) is 66.5 Å². The Labute approximate surface area is 149 Å². The lowest BCUT2D eigenvalue weighted by Crippen LogP contribution is -2.41. The number of sulfonamides is 1. The average molecular weight is 362 g/mol. The van der Waals surface area contributed by atoms with E-state index in [4.69, 9.17) is 0 Å². The highest BCUT2D eigenvalue weighted by Crippen LogP contribution is 2.37. The highest BCUT2D eigenvalue weighted by Gasteiger charge is 2.37. The highest BCUT2D eigenvalue weighted by molar-refractivity contribution is 7.89. The standard InChI is InChI=1S/C19H26N2O3S/c1-13-4-2-3-5-17(13)20-25(23,24)16-8-9-18-15(12-16)10-11-21(18)19(22)14-6-7-14/h8-9,12-14,17,20H,2-7,10-11H2,1H3. The predicted molar refractivity (Wildman–Crippen MR) is 97.0 cm³/mol. The van der Waals surface area contributed by atoms with E-state index in [1.54, 1.807) is 12.1 Å². The van der Waals surface area contributed by atoms with Crippen molar-refractivity contribution in [1.82, 2.24) is 4.72 Å². The second kappa shape index (κ2) is 6.40. The summed E-state index contributed by atoms with van der Waals surface area (Å²) >= 11 is 0. The number of hydrogen-bond acceptors (Lipinski definition) is 3. The third-order valence-corrected chi connectivity index (χ3v) is 7.36. The number of fused-ring (bicyclic) bond motifs is 1. The second-order valence-corrected chi connectivity index (χ2v) is 9.51. The van der Waals surface area contributed by atoms with E-state index in [1.165, 1.54) is 6.42 Å². The molecule has 1 amide bonds. The van der Waals surface area contributed by atoms with Crippen LogP contribution in [0.2, 0.25) is 0 Å². The van der Waals surface area contributed by atoms with Crippen molar-refractivity contribution >= 4 is 21.6 Å². The molecule has 3 aliphatic rings. The number of carbonyl (C=O) groups excluding carboxylic acids is 1. The fourth-order valence-electron chi connectivity index (χ4n) is 4.08. The van der Waals surface area contributed by atoms with Gasteiger partial charge >= 0.3 is 0 Å². The largest absolute Gasteiger partial charge is 0.312 e. The van der Waals surface area contributed by atoms with Gasteiger partial charge in [-0.2, -0.15) is 0 Å². The van der Waals surface area contributed by atoms with Crippen molar-refractivity contribution in [3.05, 3.63) is 23.8 Å². The van der Waals surface area contributed by atoms with Gasteiger partial charge in [-0.1, -0.05) is 19.8 Å². The second-order valence-electron chi connectivity index (χ2n) is 7.79. The van der Waals surface area contributed by atoms with Gasteiger partial charge in [0.1, 0.15) is 0 Å². The number of anilines is 1. The van der Waals surface area contributed by atoms with E-state index in [9.17, 15) is 13.2 Å². The molecule has 1 N–H and O–H groups in total. The number of nitrogens with zero attached hydrogens (tertiary/aromatic N) is 1. The van der Waals surface area contributed by atoms with E-state index >= 15 is 0 Å². The molecule has 2 aliphatic carbocycles. The minimum atomic E-state index is -3.51. The van der Waals surface area contributed by atoms with E-state index in [2.05, 4.69) is 11.6 Å². The van der Waals surface area contributed by atoms with Crippen LogP contribution < -0.4 is 9.62 Å². The highest BCUT2D eigenvalue weighted by atomic mass is 32.2. The van der Waals surface area contributed by atoms with E-state index in [1.807, 2.05) is 11.0 Å². The van der Waals surface area contributed by atoms with Crippen LogP contribution in [0, 0.1) is 11.8 Å². The zero-order chi connectivity index (χ0) is 17.6. The summed E-state index contributed by atoms with van der Waals surface area (Å²) in [6, 6.07) is 5.24. The fourth-order valence-corrected chi connectivity index (χ4v) is 5.51. The lowest BCUT2D eigenvalue weighted by molar-refractivity contribution is -0.119. The summed E-state index contributed by atoms with van der Waals surface area (Å²) in [6.07, 6.45) is 6.96. The molecule has 6 heteroatoms. The Morgan fingerprint density at radius 1 is 1.16 bits per heavy atom. The molecule has 1 heterocycles. The first-order chi connectivity index (χ1) is 12.0. The van der Waals surface area contributed by atoms with Crippen LogP contribution in [0.5, 0.6) is 0 Å². The molecule has 2 unspecified atom stereocenters. The van der Waals surface area contributed by atoms with Gasteiger partial charge in [-0.25, -0.2) is 13.1 Å². The van der Waals surface area contributed by atoms with Crippen LogP contribution >= 0.6 is 0 Å². The van der Waals surface area contributed by atoms with Crippen LogP contribution in [0.15, 0.2) is 23.1 Å². The number of carbonyl (C=O) groups is 1. The van der Waals surface area contributed by atoms with E-state index in [0.29, 0.717) is 17.4 Å². The summed E-state index contributed by atoms with van der Waals surface area (Å²) in [5.74, 6) is 0.761. The maximum Gasteiger partial charge on any atom is 0.240 e. The zero-order valence-corrected chi connectivity index (χ0v) is 15.5. The molecule has 5 nitrogen and oxygen atoms in total. The van der Waals surface area contributed by atoms with Crippen molar-refractivity contribution in [3.63, 3.8) is 0 Å². The fraction of sp³-hybridized carbons (Fsp3) is 0.632. The Kier molecular flexibility index (Phi) is 4.36. The van der Waals surface area contributed by atoms with Crippen molar-refractivity contribution in [2.24, 2.45) is 11.8 Å². The van der Waals surface area contributed by atoms with Crippen LogP contribution in [0.25, 0.3) is 0 Å². The molecule has 0 aromatic heterocycles. The first-order valence-electron chi connectivity index (χ1n) is 9.42. The lowest BCUT2D eigenvalue weighted by Gasteiger charge is -2.29. The van der Waals surface area contributed by atoms with Gasteiger partial charge in [0.2, 0.25) is 15.9 Å². The SMILES string of the molecule is CC1CCCCC1NS(=O)(=O)c1ccc2c(c1)CCN2C(=O)C1CC1. The number of benzene rings is 1. The van der Waals surface area contributed by atoms with Gasteiger partial charge in [-0.05, 0) is 61.8 Å². The number of nitrogens with one attached hydrogen (secondary N) is 1. The summed E-state index contributed by atoms with van der Waals surface area (Å²) in [5.41, 5.74) is 1.86. The van der Waals surface area contributed by atoms with Gasteiger partial charge in [0.15, 0.2) is 0 Å². The number of rotatable bonds is 4. The first-order valence-corrected chi connectivity index (χ1v) is 10.9. The maximum absolute atomic E-state index is 12.8. The van der Waals surface area contributed by atoms with Gasteiger partial charge in [-0.3, -0.25) is 4.79 Å². The molecule has 2 saturated carbocycles. The average Bonchev–Trinajstić information content (AvgIpc) is 3.35. The van der Waals surface area contributed by atoms with Crippen LogP contribution in [0.4, 0.5) is 5.69 Å². The Morgan fingerprint density at radius 3 is 2.64 bits per heavy atom. The van der Waals surface area contributed by atoms with Gasteiger partial charge < -0.3 is 4.90 Å². The Hall–Kier alpha value is -1.40. The molecule has 0 radical (unpaired) electrons. The molecule has 2 atom stereocenters. The molecule has 136 valence electrons. The molecule has 4 rings (SSSR count). The third-order valence-electron chi connectivity index (χ3n) is 5.87. The zero-order valence-electron chi connectivity index (χ0n) is 14.7. The molecular weight excluding hydrogens is 336 g/mol. The molecule has 1 aliphatic heterocycles. The Balaban J connectivity index is 1.54. The molecule has 0 bridgehead atoms. The van der Waals surface area contributed by atoms with E-state index < -0.39 is 10.0 Å². The molecule has 2 fully saturated rings. The molecule has 0 saturated heterocycles. The van der Waals surface area contributed by atoms with Crippen molar-refractivity contribution in [3.8, 4) is 0 Å². The van der Waals surface area contributed by atoms with Crippen LogP contribution in [-0.4, -0.2) is 26.9 Å². The van der Waals surface area contributed by atoms with Gasteiger partial charge in [0.25, 0.3) is 0 Å². The molecule has 25 heavy (non-hydrogen) atoms. The van der Waals surface area contributed by atoms with E-state index in [0.717, 1.165) is 49.8 Å². The normalized spacial score (nSPS) is 26.5. The predicted octanol–water partition coefficient (Wildman–Crippen LogP) is 2.84. The minimum absolute atomic E-state index is 0.0277. The number of hydrogen-bond donors (Lipinski definition) is 1. The van der Waals surface area contributed by atoms with Crippen molar-refractivity contribution < 1.29 is 13.2 Å². The summed E-state index contributed by atoms with van der Waals surface area (Å²) < 4.78 is 28.5. The first kappa shape index (κ1) is 17.0. The summed E-state index contributed by atoms with van der Waals surface area (Å²) in [4.78, 5) is 14.5. The molecular formula is C19H26N2O3S. The van der Waals surface area contributed by atoms with Gasteiger partial charge in [-0.15, -0.1) is 0 Å². The van der Waals surface area contributed by atoms with Crippen molar-refractivity contribution in [2.75, 3.05) is 11.4 Å². The maximum atomic E-state index is 12.8. The summed E-state index contributed by atoms with van der Waals surface area (Å²) in [6.45, 7) is 2.79. The van der Waals surface area contributed by atoms with Crippen LogP contribution in [-0.2, 0) is 21.2 Å². The monoisotopic (exact) mass is 362 g/mol. The molecule has 1 aromatic rings. The smallest absolute Gasteiger partial charge is 0.240 e. The van der Waals surface area contributed by atoms with Crippen molar-refractivity contribution in [2.45, 2.75) is 62.8 Å². The summed E-state index contributed by atoms with van der Waals surface area (Å²) in [7, 11) is -3.51.